The Kier molecular flexibility index (Phi) is 7.85. The van der Waals surface area contributed by atoms with E-state index in [9.17, 15) is 4.57 Å². The van der Waals surface area contributed by atoms with E-state index in [0.29, 0.717) is 6.73 Å². The minimum atomic E-state index is -0.687. The Morgan fingerprint density at radius 2 is 2.00 bits per heavy atom. The van der Waals surface area contributed by atoms with Gasteiger partial charge in [0.1, 0.15) is 0 Å². The van der Waals surface area contributed by atoms with Crippen molar-refractivity contribution < 1.29 is 9.09 Å². The quantitative estimate of drug-likeness (QED) is 0.469. The number of hydrogen-bond acceptors (Lipinski definition) is 3. The smallest absolute Gasteiger partial charge is 0.286 e. The lowest BCUT2D eigenvalue weighted by atomic mass is 10.2. The third-order valence-corrected chi connectivity index (χ3v) is 1.67. The molecule has 0 heterocycles. The molecular weight excluding hydrogens is 209 g/mol. The molecular formula is C8H12ClNO2P+. The van der Waals surface area contributed by atoms with Crippen molar-refractivity contribution in [1.82, 2.24) is 5.32 Å². The maximum Gasteiger partial charge on any atom is 0.495 e. The van der Waals surface area contributed by atoms with E-state index in [2.05, 4.69) is 9.84 Å². The minimum absolute atomic E-state index is 0. The van der Waals surface area contributed by atoms with Gasteiger partial charge in [-0.3, -0.25) is 5.32 Å². The number of nitrogens with one attached hydrogen (secondary N) is 1. The largest absolute Gasteiger partial charge is 0.495 e. The predicted octanol–water partition coefficient (Wildman–Crippen LogP) is 2.11. The third kappa shape index (κ3) is 5.72. The molecule has 0 radical (unpaired) electrons. The third-order valence-electron chi connectivity index (χ3n) is 1.41. The Bertz CT molecular complexity index is 233. The molecule has 1 rings (SSSR count). The van der Waals surface area contributed by atoms with Gasteiger partial charge in [-0.15, -0.1) is 16.9 Å². The van der Waals surface area contributed by atoms with Gasteiger partial charge >= 0.3 is 8.69 Å². The van der Waals surface area contributed by atoms with Crippen molar-refractivity contribution in [3.63, 3.8) is 0 Å². The summed E-state index contributed by atoms with van der Waals surface area (Å²) < 4.78 is 14.5. The zero-order chi connectivity index (χ0) is 8.65. The van der Waals surface area contributed by atoms with E-state index in [4.69, 9.17) is 0 Å². The minimum Gasteiger partial charge on any atom is -0.286 e. The molecule has 3 nitrogen and oxygen atoms in total. The Balaban J connectivity index is 0.00000144. The van der Waals surface area contributed by atoms with Crippen LogP contribution in [0.15, 0.2) is 30.3 Å². The first kappa shape index (κ1) is 12.5. The average molecular weight is 221 g/mol. The highest BCUT2D eigenvalue weighted by molar-refractivity contribution is 7.17. The highest BCUT2D eigenvalue weighted by Crippen LogP contribution is 1.97. The van der Waals surface area contributed by atoms with Gasteiger partial charge in [-0.05, 0) is 10.1 Å². The van der Waals surface area contributed by atoms with Crippen molar-refractivity contribution >= 4 is 21.1 Å². The summed E-state index contributed by atoms with van der Waals surface area (Å²) in [4.78, 5) is 0. The van der Waals surface area contributed by atoms with E-state index in [-0.39, 0.29) is 12.4 Å². The van der Waals surface area contributed by atoms with E-state index < -0.39 is 8.69 Å². The second-order valence-electron chi connectivity index (χ2n) is 2.28. The molecule has 72 valence electrons. The second-order valence-corrected chi connectivity index (χ2v) is 2.74. The van der Waals surface area contributed by atoms with Crippen LogP contribution in [0.4, 0.5) is 0 Å². The summed E-state index contributed by atoms with van der Waals surface area (Å²) >= 11 is 0. The summed E-state index contributed by atoms with van der Waals surface area (Å²) in [6, 6.07) is 9.97. The van der Waals surface area contributed by atoms with Crippen molar-refractivity contribution in [2.24, 2.45) is 0 Å². The van der Waals surface area contributed by atoms with Crippen molar-refractivity contribution in [2.75, 3.05) is 6.73 Å². The van der Waals surface area contributed by atoms with Gasteiger partial charge < -0.3 is 0 Å². The zero-order valence-corrected chi connectivity index (χ0v) is 8.84. The normalized spacial score (nSPS) is 9.54. The Morgan fingerprint density at radius 1 is 1.31 bits per heavy atom. The van der Waals surface area contributed by atoms with Gasteiger partial charge in [-0.2, -0.15) is 0 Å². The molecule has 0 aliphatic heterocycles. The lowest BCUT2D eigenvalue weighted by Crippen LogP contribution is -2.14. The highest BCUT2D eigenvalue weighted by Gasteiger charge is 1.92. The van der Waals surface area contributed by atoms with Crippen molar-refractivity contribution in [3.8, 4) is 0 Å². The summed E-state index contributed by atoms with van der Waals surface area (Å²) in [5, 5.41) is 2.99. The molecule has 0 fully saturated rings. The van der Waals surface area contributed by atoms with Crippen LogP contribution in [-0.2, 0) is 15.6 Å². The first-order valence-electron chi connectivity index (χ1n) is 3.67. The van der Waals surface area contributed by atoms with Gasteiger partial charge in [-0.1, -0.05) is 30.3 Å². The van der Waals surface area contributed by atoms with Gasteiger partial charge in [0, 0.05) is 6.54 Å². The van der Waals surface area contributed by atoms with Gasteiger partial charge in [0.15, 0.2) is 6.73 Å². The van der Waals surface area contributed by atoms with Crippen LogP contribution < -0.4 is 5.32 Å². The Hall–Kier alpha value is -0.470. The Morgan fingerprint density at radius 3 is 2.62 bits per heavy atom. The molecule has 0 aromatic heterocycles. The molecule has 1 atom stereocenters. The molecule has 1 unspecified atom stereocenters. The van der Waals surface area contributed by atoms with Gasteiger partial charge in [0.05, 0.1) is 0 Å². The molecule has 0 bridgehead atoms. The summed E-state index contributed by atoms with van der Waals surface area (Å²) in [5.74, 6) is 0. The maximum atomic E-state index is 9.91. The van der Waals surface area contributed by atoms with Crippen molar-refractivity contribution in [3.05, 3.63) is 35.9 Å². The summed E-state index contributed by atoms with van der Waals surface area (Å²) in [7, 11) is -0.687. The van der Waals surface area contributed by atoms with Crippen LogP contribution in [0.1, 0.15) is 5.56 Å². The monoisotopic (exact) mass is 220 g/mol. The highest BCUT2D eigenvalue weighted by atomic mass is 35.5. The summed E-state index contributed by atoms with van der Waals surface area (Å²) in [5.41, 5.74) is 1.19. The predicted molar refractivity (Wildman–Crippen MR) is 55.5 cm³/mol. The maximum absolute atomic E-state index is 9.91. The molecule has 0 aliphatic rings. The molecule has 1 aromatic rings. The molecule has 1 N–H and O–H groups in total. The number of rotatable bonds is 5. The number of halogens is 1. The van der Waals surface area contributed by atoms with E-state index in [0.717, 1.165) is 6.54 Å². The number of benzene rings is 1. The molecule has 1 aromatic carbocycles. The van der Waals surface area contributed by atoms with Crippen molar-refractivity contribution in [1.29, 1.82) is 0 Å². The van der Waals surface area contributed by atoms with Crippen molar-refractivity contribution in [2.45, 2.75) is 6.54 Å². The molecule has 13 heavy (non-hydrogen) atoms. The fourth-order valence-corrected chi connectivity index (χ4v) is 1.03. The summed E-state index contributed by atoms with van der Waals surface area (Å²) in [6.45, 7) is 1.07. The van der Waals surface area contributed by atoms with Crippen LogP contribution in [-0.4, -0.2) is 6.73 Å². The van der Waals surface area contributed by atoms with E-state index in [1.807, 2.05) is 30.3 Å². The SMILES string of the molecule is Cl.O=[PH+]OCNCc1ccccc1. The number of hydrogen-bond donors (Lipinski definition) is 1. The lowest BCUT2D eigenvalue weighted by molar-refractivity contribution is 0.305. The van der Waals surface area contributed by atoms with E-state index in [1.165, 1.54) is 5.56 Å². The standard InChI is InChI=1S/C8H11NO2P.ClH/c10-12-11-7-9-6-8-4-2-1-3-5-8;/h1-5,9,12H,6-7H2;1H/q+1;. The topological polar surface area (TPSA) is 38.3 Å². The fraction of sp³-hybridized carbons (Fsp3) is 0.250. The summed E-state index contributed by atoms with van der Waals surface area (Å²) in [6.07, 6.45) is 0. The van der Waals surface area contributed by atoms with E-state index in [1.54, 1.807) is 0 Å². The van der Waals surface area contributed by atoms with Crippen LogP contribution in [0.2, 0.25) is 0 Å². The van der Waals surface area contributed by atoms with Gasteiger partial charge in [0.25, 0.3) is 0 Å². The molecule has 0 aliphatic carbocycles. The van der Waals surface area contributed by atoms with Crippen LogP contribution in [0.25, 0.3) is 0 Å². The molecule has 0 amide bonds. The average Bonchev–Trinajstić information content (AvgIpc) is 2.14. The lowest BCUT2D eigenvalue weighted by Gasteiger charge is -1.99. The van der Waals surface area contributed by atoms with Crippen LogP contribution in [0.3, 0.4) is 0 Å². The first-order chi connectivity index (χ1) is 5.93. The first-order valence-corrected chi connectivity index (χ1v) is 4.48. The zero-order valence-electron chi connectivity index (χ0n) is 7.03. The second kappa shape index (κ2) is 8.14. The van der Waals surface area contributed by atoms with Gasteiger partial charge in [0.2, 0.25) is 0 Å². The molecule has 0 spiro atoms. The van der Waals surface area contributed by atoms with E-state index >= 15 is 0 Å². The molecule has 5 heteroatoms. The van der Waals surface area contributed by atoms with Crippen LogP contribution in [0.5, 0.6) is 0 Å². The molecule has 0 saturated heterocycles. The fourth-order valence-electron chi connectivity index (χ4n) is 0.872. The van der Waals surface area contributed by atoms with Crippen LogP contribution >= 0.6 is 21.1 Å². The Labute approximate surface area is 85.2 Å². The van der Waals surface area contributed by atoms with Gasteiger partial charge in [-0.25, -0.2) is 0 Å². The molecule has 0 saturated carbocycles. The van der Waals surface area contributed by atoms with Crippen LogP contribution in [0, 0.1) is 0 Å².